The van der Waals surface area contributed by atoms with Crippen molar-refractivity contribution >= 4 is 5.97 Å². The fraction of sp³-hybridized carbons (Fsp3) is 0.533. The monoisotopic (exact) mass is 232 g/mol. The maximum absolute atomic E-state index is 11.7. The molecule has 1 aliphatic carbocycles. The Balaban J connectivity index is 2.22. The van der Waals surface area contributed by atoms with Gasteiger partial charge in [-0.05, 0) is 37.8 Å². The molecule has 1 aromatic carbocycles. The molecule has 0 heterocycles. The fourth-order valence-corrected chi connectivity index (χ4v) is 2.78. The van der Waals surface area contributed by atoms with Crippen molar-refractivity contribution in [2.24, 2.45) is 0 Å². The van der Waals surface area contributed by atoms with Crippen LogP contribution in [0, 0.1) is 6.92 Å². The molecular weight excluding hydrogens is 212 g/mol. The quantitative estimate of drug-likeness (QED) is 0.748. The summed E-state index contributed by atoms with van der Waals surface area (Å²) in [4.78, 5) is 11.7. The van der Waals surface area contributed by atoms with Gasteiger partial charge in [0.2, 0.25) is 0 Å². The SMILES string of the molecule is CCOC(=O)CC1(C)CCc2cc(C)ccc21. The highest BCUT2D eigenvalue weighted by Gasteiger charge is 2.36. The van der Waals surface area contributed by atoms with E-state index in [0.29, 0.717) is 13.0 Å². The van der Waals surface area contributed by atoms with E-state index in [2.05, 4.69) is 32.0 Å². The van der Waals surface area contributed by atoms with Gasteiger partial charge in [-0.25, -0.2) is 0 Å². The van der Waals surface area contributed by atoms with Crippen molar-refractivity contribution in [3.05, 3.63) is 34.9 Å². The maximum atomic E-state index is 11.7. The molecule has 0 saturated carbocycles. The summed E-state index contributed by atoms with van der Waals surface area (Å²) < 4.78 is 5.07. The van der Waals surface area contributed by atoms with Gasteiger partial charge in [-0.2, -0.15) is 0 Å². The number of carbonyl (C=O) groups excluding carboxylic acids is 1. The number of ether oxygens (including phenoxy) is 1. The zero-order valence-corrected chi connectivity index (χ0v) is 10.9. The van der Waals surface area contributed by atoms with Crippen LogP contribution in [-0.2, 0) is 21.4 Å². The molecule has 0 aromatic heterocycles. The molecule has 0 N–H and O–H groups in total. The lowest BCUT2D eigenvalue weighted by atomic mass is 9.81. The average Bonchev–Trinajstić information content (AvgIpc) is 2.56. The summed E-state index contributed by atoms with van der Waals surface area (Å²) in [5, 5.41) is 0. The number of hydrogen-bond donors (Lipinski definition) is 0. The first-order chi connectivity index (χ1) is 8.05. The number of fused-ring (bicyclic) bond motifs is 1. The number of esters is 1. The Morgan fingerprint density at radius 2 is 2.24 bits per heavy atom. The van der Waals surface area contributed by atoms with E-state index in [0.717, 1.165) is 12.8 Å². The number of hydrogen-bond acceptors (Lipinski definition) is 2. The molecule has 1 atom stereocenters. The average molecular weight is 232 g/mol. The minimum Gasteiger partial charge on any atom is -0.466 e. The van der Waals surface area contributed by atoms with Crippen molar-refractivity contribution in [2.75, 3.05) is 6.61 Å². The lowest BCUT2D eigenvalue weighted by molar-refractivity contribution is -0.144. The normalized spacial score (nSPS) is 22.3. The molecule has 0 spiro atoms. The molecule has 0 aliphatic heterocycles. The standard InChI is InChI=1S/C15H20O2/c1-4-17-14(16)10-15(3)8-7-12-9-11(2)5-6-13(12)15/h5-6,9H,4,7-8,10H2,1-3H3. The molecule has 2 heteroatoms. The first-order valence-electron chi connectivity index (χ1n) is 6.31. The molecular formula is C15H20O2. The summed E-state index contributed by atoms with van der Waals surface area (Å²) in [5.41, 5.74) is 3.99. The molecule has 0 radical (unpaired) electrons. The fourth-order valence-electron chi connectivity index (χ4n) is 2.78. The van der Waals surface area contributed by atoms with Crippen LogP contribution in [0.15, 0.2) is 18.2 Å². The number of benzene rings is 1. The van der Waals surface area contributed by atoms with Gasteiger partial charge in [0.15, 0.2) is 0 Å². The first-order valence-corrected chi connectivity index (χ1v) is 6.31. The van der Waals surface area contributed by atoms with Crippen LogP contribution in [-0.4, -0.2) is 12.6 Å². The summed E-state index contributed by atoms with van der Waals surface area (Å²) >= 11 is 0. The summed E-state index contributed by atoms with van der Waals surface area (Å²) in [7, 11) is 0. The van der Waals surface area contributed by atoms with Crippen LogP contribution in [0.3, 0.4) is 0 Å². The highest BCUT2D eigenvalue weighted by atomic mass is 16.5. The molecule has 17 heavy (non-hydrogen) atoms. The van der Waals surface area contributed by atoms with Crippen LogP contribution >= 0.6 is 0 Å². The van der Waals surface area contributed by atoms with Crippen LogP contribution in [0.1, 0.15) is 43.4 Å². The van der Waals surface area contributed by atoms with Crippen LogP contribution in [0.4, 0.5) is 0 Å². The third-order valence-electron chi connectivity index (χ3n) is 3.70. The Hall–Kier alpha value is -1.31. The molecule has 1 aromatic rings. The number of aryl methyl sites for hydroxylation is 2. The summed E-state index contributed by atoms with van der Waals surface area (Å²) in [5.74, 6) is -0.0802. The molecule has 0 amide bonds. The van der Waals surface area contributed by atoms with Gasteiger partial charge in [-0.3, -0.25) is 4.79 Å². The van der Waals surface area contributed by atoms with E-state index in [1.54, 1.807) is 0 Å². The summed E-state index contributed by atoms with van der Waals surface area (Å²) in [6.07, 6.45) is 2.62. The molecule has 1 unspecified atom stereocenters. The summed E-state index contributed by atoms with van der Waals surface area (Å²) in [6, 6.07) is 6.55. The topological polar surface area (TPSA) is 26.3 Å². The van der Waals surface area contributed by atoms with E-state index < -0.39 is 0 Å². The van der Waals surface area contributed by atoms with Crippen molar-refractivity contribution in [1.82, 2.24) is 0 Å². The zero-order chi connectivity index (χ0) is 12.5. The predicted molar refractivity (Wildman–Crippen MR) is 68.1 cm³/mol. The van der Waals surface area contributed by atoms with E-state index >= 15 is 0 Å². The lowest BCUT2D eigenvalue weighted by Gasteiger charge is -2.24. The van der Waals surface area contributed by atoms with Crippen molar-refractivity contribution < 1.29 is 9.53 Å². The molecule has 92 valence electrons. The van der Waals surface area contributed by atoms with E-state index in [9.17, 15) is 4.79 Å². The molecule has 1 aliphatic rings. The van der Waals surface area contributed by atoms with Gasteiger partial charge in [-0.15, -0.1) is 0 Å². The van der Waals surface area contributed by atoms with Gasteiger partial charge in [0.05, 0.1) is 13.0 Å². The smallest absolute Gasteiger partial charge is 0.306 e. The number of rotatable bonds is 3. The van der Waals surface area contributed by atoms with Crippen molar-refractivity contribution in [1.29, 1.82) is 0 Å². The van der Waals surface area contributed by atoms with E-state index in [-0.39, 0.29) is 11.4 Å². The highest BCUT2D eigenvalue weighted by molar-refractivity contribution is 5.72. The second kappa shape index (κ2) is 4.52. The van der Waals surface area contributed by atoms with Gasteiger partial charge in [0.1, 0.15) is 0 Å². The zero-order valence-electron chi connectivity index (χ0n) is 10.9. The van der Waals surface area contributed by atoms with Crippen LogP contribution < -0.4 is 0 Å². The Morgan fingerprint density at radius 3 is 2.94 bits per heavy atom. The van der Waals surface area contributed by atoms with Gasteiger partial charge < -0.3 is 4.74 Å². The Kier molecular flexibility index (Phi) is 3.23. The molecule has 0 bridgehead atoms. The third kappa shape index (κ3) is 2.36. The van der Waals surface area contributed by atoms with Gasteiger partial charge >= 0.3 is 5.97 Å². The van der Waals surface area contributed by atoms with Crippen LogP contribution in [0.5, 0.6) is 0 Å². The van der Waals surface area contributed by atoms with E-state index in [1.165, 1.54) is 16.7 Å². The largest absolute Gasteiger partial charge is 0.466 e. The minimum absolute atomic E-state index is 0.0325. The Bertz CT molecular complexity index is 437. The van der Waals surface area contributed by atoms with Crippen LogP contribution in [0.2, 0.25) is 0 Å². The maximum Gasteiger partial charge on any atom is 0.306 e. The highest BCUT2D eigenvalue weighted by Crippen LogP contribution is 2.41. The van der Waals surface area contributed by atoms with Crippen LogP contribution in [0.25, 0.3) is 0 Å². The van der Waals surface area contributed by atoms with Gasteiger partial charge in [0.25, 0.3) is 0 Å². The Morgan fingerprint density at radius 1 is 1.47 bits per heavy atom. The van der Waals surface area contributed by atoms with Crippen molar-refractivity contribution in [3.8, 4) is 0 Å². The first kappa shape index (κ1) is 12.2. The number of carbonyl (C=O) groups is 1. The van der Waals surface area contributed by atoms with E-state index in [4.69, 9.17) is 4.74 Å². The summed E-state index contributed by atoms with van der Waals surface area (Å²) in [6.45, 7) is 6.61. The van der Waals surface area contributed by atoms with Crippen molar-refractivity contribution in [3.63, 3.8) is 0 Å². The Labute approximate surface area is 103 Å². The van der Waals surface area contributed by atoms with E-state index in [1.807, 2.05) is 6.92 Å². The third-order valence-corrected chi connectivity index (χ3v) is 3.70. The molecule has 2 nitrogen and oxygen atoms in total. The van der Waals surface area contributed by atoms with Gasteiger partial charge in [-0.1, -0.05) is 30.7 Å². The lowest BCUT2D eigenvalue weighted by Crippen LogP contribution is -2.24. The second-order valence-electron chi connectivity index (χ2n) is 5.20. The minimum atomic E-state index is -0.0802. The molecule has 0 fully saturated rings. The molecule has 2 rings (SSSR count). The van der Waals surface area contributed by atoms with Gasteiger partial charge in [0, 0.05) is 5.41 Å². The van der Waals surface area contributed by atoms with Crippen molar-refractivity contribution in [2.45, 2.75) is 45.4 Å². The second-order valence-corrected chi connectivity index (χ2v) is 5.20. The predicted octanol–water partition coefficient (Wildman–Crippen LogP) is 3.15. The molecule has 0 saturated heterocycles.